The van der Waals surface area contributed by atoms with Crippen LogP contribution in [0.15, 0.2) is 54.6 Å². The molecule has 0 bridgehead atoms. The molecule has 0 saturated carbocycles. The number of ether oxygens (including phenoxy) is 1. The van der Waals surface area contributed by atoms with Gasteiger partial charge in [-0.05, 0) is 50.1 Å². The molecule has 20 heavy (non-hydrogen) atoms. The zero-order valence-corrected chi connectivity index (χ0v) is 12.3. The highest BCUT2D eigenvalue weighted by Crippen LogP contribution is 2.15. The van der Waals surface area contributed by atoms with Gasteiger partial charge in [0.05, 0.1) is 0 Å². The topological polar surface area (TPSA) is 21.3 Å². The van der Waals surface area contributed by atoms with Crippen LogP contribution in [0, 0.1) is 0 Å². The van der Waals surface area contributed by atoms with Crippen LogP contribution >= 0.6 is 0 Å². The van der Waals surface area contributed by atoms with E-state index >= 15 is 0 Å². The standard InChI is InChI=1S/C18H23NO/c1-15(19-2)8-9-16-10-12-18(13-11-16)20-14-17-6-4-3-5-7-17/h3-7,10-13,15,19H,8-9,14H2,1-2H3/t15-/m1/s1. The zero-order chi connectivity index (χ0) is 14.2. The molecule has 2 nitrogen and oxygen atoms in total. The Kier molecular flexibility index (Phi) is 5.63. The molecule has 0 amide bonds. The van der Waals surface area contributed by atoms with Gasteiger partial charge in [0.2, 0.25) is 0 Å². The van der Waals surface area contributed by atoms with Gasteiger partial charge in [-0.15, -0.1) is 0 Å². The third kappa shape index (κ3) is 4.71. The third-order valence-corrected chi connectivity index (χ3v) is 3.53. The second-order valence-electron chi connectivity index (χ2n) is 5.15. The fourth-order valence-corrected chi connectivity index (χ4v) is 2.02. The Hall–Kier alpha value is -1.80. The maximum Gasteiger partial charge on any atom is 0.119 e. The molecule has 0 aliphatic heterocycles. The summed E-state index contributed by atoms with van der Waals surface area (Å²) >= 11 is 0. The highest BCUT2D eigenvalue weighted by molar-refractivity contribution is 5.28. The van der Waals surface area contributed by atoms with Crippen molar-refractivity contribution in [2.45, 2.75) is 32.4 Å². The van der Waals surface area contributed by atoms with E-state index in [1.54, 1.807) is 0 Å². The molecular weight excluding hydrogens is 246 g/mol. The quantitative estimate of drug-likeness (QED) is 0.825. The number of aryl methyl sites for hydroxylation is 1. The van der Waals surface area contributed by atoms with Crippen molar-refractivity contribution in [1.29, 1.82) is 0 Å². The van der Waals surface area contributed by atoms with E-state index in [1.165, 1.54) is 11.1 Å². The molecular formula is C18H23NO. The SMILES string of the molecule is CN[C@H](C)CCc1ccc(OCc2ccccc2)cc1. The summed E-state index contributed by atoms with van der Waals surface area (Å²) in [7, 11) is 2.01. The van der Waals surface area contributed by atoms with E-state index in [4.69, 9.17) is 4.74 Å². The van der Waals surface area contributed by atoms with Gasteiger partial charge in [0.1, 0.15) is 12.4 Å². The Morgan fingerprint density at radius 1 is 0.950 bits per heavy atom. The monoisotopic (exact) mass is 269 g/mol. The largest absolute Gasteiger partial charge is 0.489 e. The maximum absolute atomic E-state index is 5.78. The summed E-state index contributed by atoms with van der Waals surface area (Å²) < 4.78 is 5.78. The van der Waals surface area contributed by atoms with E-state index in [1.807, 2.05) is 25.2 Å². The molecule has 0 aliphatic carbocycles. The molecule has 0 aliphatic rings. The summed E-state index contributed by atoms with van der Waals surface area (Å²) in [5.41, 5.74) is 2.55. The van der Waals surface area contributed by atoms with E-state index in [2.05, 4.69) is 48.6 Å². The van der Waals surface area contributed by atoms with Crippen LogP contribution in [0.1, 0.15) is 24.5 Å². The van der Waals surface area contributed by atoms with Gasteiger partial charge < -0.3 is 10.1 Å². The number of nitrogens with one attached hydrogen (secondary N) is 1. The Balaban J connectivity index is 1.82. The minimum absolute atomic E-state index is 0.559. The molecule has 0 heterocycles. The van der Waals surface area contributed by atoms with E-state index in [9.17, 15) is 0 Å². The van der Waals surface area contributed by atoms with Gasteiger partial charge in [-0.2, -0.15) is 0 Å². The van der Waals surface area contributed by atoms with Gasteiger partial charge in [-0.25, -0.2) is 0 Å². The number of rotatable bonds is 7. The predicted molar refractivity (Wildman–Crippen MR) is 84.1 cm³/mol. The average molecular weight is 269 g/mol. The van der Waals surface area contributed by atoms with Crippen molar-refractivity contribution in [3.05, 3.63) is 65.7 Å². The Labute approximate surface area is 121 Å². The van der Waals surface area contributed by atoms with E-state index in [0.717, 1.165) is 18.6 Å². The van der Waals surface area contributed by atoms with Crippen molar-refractivity contribution >= 4 is 0 Å². The molecule has 1 atom stereocenters. The molecule has 2 aromatic rings. The van der Waals surface area contributed by atoms with Gasteiger partial charge in [-0.1, -0.05) is 42.5 Å². The highest BCUT2D eigenvalue weighted by Gasteiger charge is 2.00. The first-order valence-corrected chi connectivity index (χ1v) is 7.21. The lowest BCUT2D eigenvalue weighted by molar-refractivity contribution is 0.306. The fourth-order valence-electron chi connectivity index (χ4n) is 2.02. The average Bonchev–Trinajstić information content (AvgIpc) is 2.52. The van der Waals surface area contributed by atoms with Crippen LogP contribution in [-0.2, 0) is 13.0 Å². The smallest absolute Gasteiger partial charge is 0.119 e. The number of hydrogen-bond acceptors (Lipinski definition) is 2. The van der Waals surface area contributed by atoms with Gasteiger partial charge in [-0.3, -0.25) is 0 Å². The van der Waals surface area contributed by atoms with Crippen LogP contribution in [0.3, 0.4) is 0 Å². The van der Waals surface area contributed by atoms with Crippen molar-refractivity contribution in [3.8, 4) is 5.75 Å². The van der Waals surface area contributed by atoms with Crippen molar-refractivity contribution < 1.29 is 4.74 Å². The predicted octanol–water partition coefficient (Wildman–Crippen LogP) is 3.81. The third-order valence-electron chi connectivity index (χ3n) is 3.53. The van der Waals surface area contributed by atoms with Crippen molar-refractivity contribution in [2.24, 2.45) is 0 Å². The van der Waals surface area contributed by atoms with Gasteiger partial charge in [0, 0.05) is 6.04 Å². The zero-order valence-electron chi connectivity index (χ0n) is 12.3. The molecule has 0 aromatic heterocycles. The first-order valence-electron chi connectivity index (χ1n) is 7.21. The Morgan fingerprint density at radius 3 is 2.30 bits per heavy atom. The number of hydrogen-bond donors (Lipinski definition) is 1. The second-order valence-corrected chi connectivity index (χ2v) is 5.15. The molecule has 0 radical (unpaired) electrons. The van der Waals surface area contributed by atoms with Crippen molar-refractivity contribution in [1.82, 2.24) is 5.32 Å². The molecule has 0 saturated heterocycles. The lowest BCUT2D eigenvalue weighted by Crippen LogP contribution is -2.21. The summed E-state index contributed by atoms with van der Waals surface area (Å²) in [6, 6.07) is 19.2. The summed E-state index contributed by atoms with van der Waals surface area (Å²) in [6.07, 6.45) is 2.25. The van der Waals surface area contributed by atoms with Crippen LogP contribution in [0.4, 0.5) is 0 Å². The summed E-state index contributed by atoms with van der Waals surface area (Å²) in [6.45, 7) is 2.83. The van der Waals surface area contributed by atoms with Crippen LogP contribution in [0.2, 0.25) is 0 Å². The highest BCUT2D eigenvalue weighted by atomic mass is 16.5. The molecule has 2 heteroatoms. The molecule has 2 rings (SSSR count). The summed E-state index contributed by atoms with van der Waals surface area (Å²) in [4.78, 5) is 0. The summed E-state index contributed by atoms with van der Waals surface area (Å²) in [5, 5.41) is 3.26. The van der Waals surface area contributed by atoms with Crippen LogP contribution in [-0.4, -0.2) is 13.1 Å². The first-order chi connectivity index (χ1) is 9.78. The fraction of sp³-hybridized carbons (Fsp3) is 0.333. The molecule has 0 spiro atoms. The van der Waals surface area contributed by atoms with E-state index in [-0.39, 0.29) is 0 Å². The molecule has 0 unspecified atom stereocenters. The Morgan fingerprint density at radius 2 is 1.65 bits per heavy atom. The Bertz CT molecular complexity index is 493. The van der Waals surface area contributed by atoms with Crippen molar-refractivity contribution in [2.75, 3.05) is 7.05 Å². The first kappa shape index (κ1) is 14.6. The lowest BCUT2D eigenvalue weighted by atomic mass is 10.1. The summed E-state index contributed by atoms with van der Waals surface area (Å²) in [5.74, 6) is 0.930. The minimum Gasteiger partial charge on any atom is -0.489 e. The molecule has 1 N–H and O–H groups in total. The second kappa shape index (κ2) is 7.71. The van der Waals surface area contributed by atoms with Gasteiger partial charge in [0.15, 0.2) is 0 Å². The normalized spacial score (nSPS) is 12.1. The van der Waals surface area contributed by atoms with Gasteiger partial charge >= 0.3 is 0 Å². The maximum atomic E-state index is 5.78. The van der Waals surface area contributed by atoms with E-state index < -0.39 is 0 Å². The number of benzene rings is 2. The van der Waals surface area contributed by atoms with Crippen LogP contribution in [0.5, 0.6) is 5.75 Å². The van der Waals surface area contributed by atoms with Crippen LogP contribution in [0.25, 0.3) is 0 Å². The molecule has 2 aromatic carbocycles. The van der Waals surface area contributed by atoms with Crippen molar-refractivity contribution in [3.63, 3.8) is 0 Å². The molecule has 106 valence electrons. The lowest BCUT2D eigenvalue weighted by Gasteiger charge is -2.10. The van der Waals surface area contributed by atoms with E-state index in [0.29, 0.717) is 12.6 Å². The van der Waals surface area contributed by atoms with Gasteiger partial charge in [0.25, 0.3) is 0 Å². The van der Waals surface area contributed by atoms with Crippen LogP contribution < -0.4 is 10.1 Å². The molecule has 0 fully saturated rings. The minimum atomic E-state index is 0.559.